The maximum Gasteiger partial charge on any atom is 0.231 e. The van der Waals surface area contributed by atoms with E-state index in [0.29, 0.717) is 18.5 Å². The molecular formula is C20H24F2N2O. The third kappa shape index (κ3) is 2.94. The number of rotatable bonds is 2. The second-order valence-electron chi connectivity index (χ2n) is 8.36. The molecule has 1 aliphatic carbocycles. The Kier molecular flexibility index (Phi) is 3.85. The molecule has 1 saturated carbocycles. The van der Waals surface area contributed by atoms with Gasteiger partial charge in [0.2, 0.25) is 5.91 Å². The first-order valence-electron chi connectivity index (χ1n) is 9.10. The molecule has 3 fully saturated rings. The highest BCUT2D eigenvalue weighted by Crippen LogP contribution is 2.39. The molecule has 134 valence electrons. The largest absolute Gasteiger partial charge is 0.370 e. The van der Waals surface area contributed by atoms with E-state index in [9.17, 15) is 13.6 Å². The first-order chi connectivity index (χ1) is 11.8. The minimum absolute atomic E-state index is 0.0845. The van der Waals surface area contributed by atoms with E-state index in [-0.39, 0.29) is 16.9 Å². The molecule has 1 aromatic rings. The quantitative estimate of drug-likeness (QED) is 0.869. The summed E-state index contributed by atoms with van der Waals surface area (Å²) in [5.41, 5.74) is 2.93. The molecule has 3 nitrogen and oxygen atoms in total. The molecule has 0 aromatic heterocycles. The van der Waals surface area contributed by atoms with E-state index in [2.05, 4.69) is 19.2 Å². The van der Waals surface area contributed by atoms with Crippen molar-refractivity contribution < 1.29 is 13.6 Å². The number of nitrogens with one attached hydrogen (secondary N) is 1. The van der Waals surface area contributed by atoms with Gasteiger partial charge in [0.05, 0.1) is 5.92 Å². The van der Waals surface area contributed by atoms with Crippen LogP contribution in [-0.2, 0) is 4.79 Å². The summed E-state index contributed by atoms with van der Waals surface area (Å²) in [6.45, 7) is 5.83. The van der Waals surface area contributed by atoms with E-state index in [1.165, 1.54) is 17.7 Å². The van der Waals surface area contributed by atoms with Crippen LogP contribution in [-0.4, -0.2) is 19.0 Å². The van der Waals surface area contributed by atoms with Crippen molar-refractivity contribution in [1.29, 1.82) is 0 Å². The van der Waals surface area contributed by atoms with E-state index in [1.54, 1.807) is 0 Å². The molecule has 1 atom stereocenters. The summed E-state index contributed by atoms with van der Waals surface area (Å²) in [5, 5.41) is 2.89. The van der Waals surface area contributed by atoms with Gasteiger partial charge in [-0.15, -0.1) is 0 Å². The van der Waals surface area contributed by atoms with E-state index in [4.69, 9.17) is 0 Å². The Hall–Kier alpha value is -1.91. The molecule has 2 aliphatic heterocycles. The van der Waals surface area contributed by atoms with E-state index >= 15 is 0 Å². The molecular weight excluding hydrogens is 322 g/mol. The zero-order valence-corrected chi connectivity index (χ0v) is 14.8. The predicted molar refractivity (Wildman–Crippen MR) is 93.3 cm³/mol. The van der Waals surface area contributed by atoms with Gasteiger partial charge < -0.3 is 10.2 Å². The number of benzene rings is 1. The van der Waals surface area contributed by atoms with Gasteiger partial charge in [-0.25, -0.2) is 8.78 Å². The topological polar surface area (TPSA) is 32.3 Å². The smallest absolute Gasteiger partial charge is 0.231 e. The number of carbonyl (C=O) groups excluding carboxylic acids is 1. The van der Waals surface area contributed by atoms with Gasteiger partial charge >= 0.3 is 0 Å². The number of anilines is 1. The maximum absolute atomic E-state index is 14.7. The summed E-state index contributed by atoms with van der Waals surface area (Å²) in [6.07, 6.45) is 4.38. The summed E-state index contributed by atoms with van der Waals surface area (Å²) < 4.78 is 29.3. The highest BCUT2D eigenvalue weighted by atomic mass is 19.1. The van der Waals surface area contributed by atoms with E-state index < -0.39 is 17.6 Å². The molecule has 1 aromatic carbocycles. The summed E-state index contributed by atoms with van der Waals surface area (Å²) in [4.78, 5) is 14.4. The standard InChI is InChI=1S/C20H24F2N2O/c1-20(2)10-24(11-20)13-8-15(21)18(16(22)9-13)14-6-7-17(23-19(14)25)12-4-3-5-12/h8-9,14H,3-7,10-11H2,1-2H3,(H,23,25). The minimum Gasteiger partial charge on any atom is -0.370 e. The third-order valence-electron chi connectivity index (χ3n) is 5.67. The van der Waals surface area contributed by atoms with Gasteiger partial charge in [0.25, 0.3) is 0 Å². The first kappa shape index (κ1) is 16.6. The fourth-order valence-corrected chi connectivity index (χ4v) is 4.17. The SMILES string of the molecule is CC1(C)CN(c2cc(F)c(C3CCC(=C4CCC4)NC3=O)c(F)c2)C1. The number of amides is 1. The van der Waals surface area contributed by atoms with Gasteiger partial charge in [0, 0.05) is 30.0 Å². The summed E-state index contributed by atoms with van der Waals surface area (Å²) in [6, 6.07) is 2.75. The number of nitrogens with zero attached hydrogens (tertiary/aromatic N) is 1. The monoisotopic (exact) mass is 346 g/mol. The highest BCUT2D eigenvalue weighted by molar-refractivity contribution is 5.86. The summed E-state index contributed by atoms with van der Waals surface area (Å²) in [7, 11) is 0. The van der Waals surface area contributed by atoms with Gasteiger partial charge in [-0.05, 0) is 49.7 Å². The Morgan fingerprint density at radius 1 is 1.12 bits per heavy atom. The van der Waals surface area contributed by atoms with Gasteiger partial charge in [0.1, 0.15) is 11.6 Å². The van der Waals surface area contributed by atoms with Crippen LogP contribution in [0.3, 0.4) is 0 Å². The summed E-state index contributed by atoms with van der Waals surface area (Å²) >= 11 is 0. The van der Waals surface area contributed by atoms with Crippen LogP contribution in [0.5, 0.6) is 0 Å². The van der Waals surface area contributed by atoms with Crippen LogP contribution in [0.2, 0.25) is 0 Å². The molecule has 3 aliphatic rings. The Bertz CT molecular complexity index is 732. The summed E-state index contributed by atoms with van der Waals surface area (Å²) in [5.74, 6) is -2.25. The first-order valence-corrected chi connectivity index (χ1v) is 9.10. The van der Waals surface area contributed by atoms with Crippen molar-refractivity contribution >= 4 is 11.6 Å². The lowest BCUT2D eigenvalue weighted by Crippen LogP contribution is -2.53. The normalized spacial score (nSPS) is 25.4. The van der Waals surface area contributed by atoms with Crippen LogP contribution in [0.4, 0.5) is 14.5 Å². The number of carbonyl (C=O) groups is 1. The molecule has 5 heteroatoms. The lowest BCUT2D eigenvalue weighted by atomic mass is 9.82. The number of hydrogen-bond donors (Lipinski definition) is 1. The van der Waals surface area contributed by atoms with Crippen LogP contribution in [0, 0.1) is 17.0 Å². The van der Waals surface area contributed by atoms with Crippen LogP contribution in [0.25, 0.3) is 0 Å². The Morgan fingerprint density at radius 2 is 1.76 bits per heavy atom. The van der Waals surface area contributed by atoms with Crippen molar-refractivity contribution in [3.63, 3.8) is 0 Å². The average molecular weight is 346 g/mol. The molecule has 25 heavy (non-hydrogen) atoms. The lowest BCUT2D eigenvalue weighted by Gasteiger charge is -2.47. The molecule has 2 heterocycles. The van der Waals surface area contributed by atoms with Crippen LogP contribution in [0.15, 0.2) is 23.4 Å². The van der Waals surface area contributed by atoms with Crippen LogP contribution < -0.4 is 10.2 Å². The molecule has 1 amide bonds. The number of hydrogen-bond acceptors (Lipinski definition) is 2. The van der Waals surface area contributed by atoms with E-state index in [1.807, 2.05) is 4.90 Å². The van der Waals surface area contributed by atoms with E-state index in [0.717, 1.165) is 38.0 Å². The number of allylic oxidation sites excluding steroid dienone is 2. The van der Waals surface area contributed by atoms with Crippen molar-refractivity contribution in [1.82, 2.24) is 5.32 Å². The van der Waals surface area contributed by atoms with Gasteiger partial charge in [-0.3, -0.25) is 4.79 Å². The van der Waals surface area contributed by atoms with Gasteiger partial charge in [-0.1, -0.05) is 19.4 Å². The fraction of sp³-hybridized carbons (Fsp3) is 0.550. The number of halogens is 2. The van der Waals surface area contributed by atoms with Crippen molar-refractivity contribution in [2.24, 2.45) is 5.41 Å². The van der Waals surface area contributed by atoms with Crippen LogP contribution >= 0.6 is 0 Å². The Balaban J connectivity index is 1.55. The molecule has 1 N–H and O–H groups in total. The molecule has 0 spiro atoms. The van der Waals surface area contributed by atoms with Crippen molar-refractivity contribution in [2.75, 3.05) is 18.0 Å². The fourth-order valence-electron chi connectivity index (χ4n) is 4.17. The second-order valence-corrected chi connectivity index (χ2v) is 8.36. The van der Waals surface area contributed by atoms with Crippen molar-refractivity contribution in [2.45, 2.75) is 51.9 Å². The number of piperidine rings is 1. The molecule has 0 radical (unpaired) electrons. The molecule has 4 rings (SSSR count). The zero-order chi connectivity index (χ0) is 17.8. The van der Waals surface area contributed by atoms with Crippen LogP contribution in [0.1, 0.15) is 57.4 Å². The van der Waals surface area contributed by atoms with Crippen molar-refractivity contribution in [3.05, 3.63) is 40.6 Å². The molecule has 1 unspecified atom stereocenters. The zero-order valence-electron chi connectivity index (χ0n) is 14.8. The lowest BCUT2D eigenvalue weighted by molar-refractivity contribution is -0.123. The third-order valence-corrected chi connectivity index (χ3v) is 5.67. The Morgan fingerprint density at radius 3 is 2.24 bits per heavy atom. The van der Waals surface area contributed by atoms with Gasteiger partial charge in [-0.2, -0.15) is 0 Å². The van der Waals surface area contributed by atoms with Crippen molar-refractivity contribution in [3.8, 4) is 0 Å². The molecule has 2 saturated heterocycles. The molecule has 0 bridgehead atoms. The van der Waals surface area contributed by atoms with Gasteiger partial charge in [0.15, 0.2) is 0 Å². The second kappa shape index (κ2) is 5.82. The minimum atomic E-state index is -0.744. The average Bonchev–Trinajstić information content (AvgIpc) is 2.44. The Labute approximate surface area is 147 Å². The maximum atomic E-state index is 14.7. The predicted octanol–water partition coefficient (Wildman–Crippen LogP) is 4.24. The highest BCUT2D eigenvalue weighted by Gasteiger charge is 2.36.